The minimum absolute atomic E-state index is 0.0498. The molecule has 3 nitrogen and oxygen atoms in total. The van der Waals surface area contributed by atoms with Crippen LogP contribution in [0.1, 0.15) is 19.8 Å². The van der Waals surface area contributed by atoms with E-state index in [2.05, 4.69) is 5.32 Å². The van der Waals surface area contributed by atoms with Crippen molar-refractivity contribution in [3.8, 4) is 0 Å². The molecule has 0 aliphatic carbocycles. The second-order valence-corrected chi connectivity index (χ2v) is 3.29. The van der Waals surface area contributed by atoms with Crippen molar-refractivity contribution >= 4 is 5.97 Å². The highest BCUT2D eigenvalue weighted by Crippen LogP contribution is 2.22. The van der Waals surface area contributed by atoms with Gasteiger partial charge in [-0.05, 0) is 31.8 Å². The number of hydrogen-bond acceptors (Lipinski definition) is 3. The van der Waals surface area contributed by atoms with Gasteiger partial charge >= 0.3 is 5.97 Å². The van der Waals surface area contributed by atoms with Gasteiger partial charge < -0.3 is 10.1 Å². The summed E-state index contributed by atoms with van der Waals surface area (Å²) in [5.41, 5.74) is 0. The summed E-state index contributed by atoms with van der Waals surface area (Å²) in [4.78, 5) is 11.3. The number of carbonyl (C=O) groups is 1. The second-order valence-electron chi connectivity index (χ2n) is 3.29. The van der Waals surface area contributed by atoms with Gasteiger partial charge in [0.2, 0.25) is 0 Å². The van der Waals surface area contributed by atoms with Crippen LogP contribution in [0.5, 0.6) is 0 Å². The first-order valence-electron chi connectivity index (χ1n) is 4.58. The molecule has 1 fully saturated rings. The number of methoxy groups -OCH3 is 1. The van der Waals surface area contributed by atoms with Gasteiger partial charge in [0.05, 0.1) is 13.0 Å². The first-order valence-corrected chi connectivity index (χ1v) is 4.58. The van der Waals surface area contributed by atoms with Crippen LogP contribution in [0.2, 0.25) is 0 Å². The Hall–Kier alpha value is -0.570. The van der Waals surface area contributed by atoms with E-state index < -0.39 is 0 Å². The highest BCUT2D eigenvalue weighted by Gasteiger charge is 2.29. The van der Waals surface area contributed by atoms with Crippen molar-refractivity contribution in [1.82, 2.24) is 5.32 Å². The van der Waals surface area contributed by atoms with Gasteiger partial charge in [-0.15, -0.1) is 0 Å². The average molecular weight is 171 g/mol. The third-order valence-corrected chi connectivity index (χ3v) is 2.61. The summed E-state index contributed by atoms with van der Waals surface area (Å²) in [5.74, 6) is 0.540. The Morgan fingerprint density at radius 3 is 2.92 bits per heavy atom. The van der Waals surface area contributed by atoms with Gasteiger partial charge in [-0.1, -0.05) is 6.92 Å². The number of nitrogens with one attached hydrogen (secondary N) is 1. The van der Waals surface area contributed by atoms with Crippen molar-refractivity contribution in [2.24, 2.45) is 11.8 Å². The maximum absolute atomic E-state index is 11.3. The number of hydrogen-bond donors (Lipinski definition) is 1. The van der Waals surface area contributed by atoms with Crippen LogP contribution in [-0.2, 0) is 9.53 Å². The lowest BCUT2D eigenvalue weighted by atomic mass is 9.89. The summed E-state index contributed by atoms with van der Waals surface area (Å²) >= 11 is 0. The fourth-order valence-corrected chi connectivity index (χ4v) is 1.86. The molecular weight excluding hydrogens is 154 g/mol. The van der Waals surface area contributed by atoms with E-state index in [0.29, 0.717) is 5.92 Å². The van der Waals surface area contributed by atoms with E-state index in [-0.39, 0.29) is 11.9 Å². The molecule has 0 bridgehead atoms. The lowest BCUT2D eigenvalue weighted by molar-refractivity contribution is -0.147. The summed E-state index contributed by atoms with van der Waals surface area (Å²) < 4.78 is 4.75. The molecule has 2 unspecified atom stereocenters. The Kier molecular flexibility index (Phi) is 3.53. The van der Waals surface area contributed by atoms with Crippen LogP contribution in [-0.4, -0.2) is 26.2 Å². The summed E-state index contributed by atoms with van der Waals surface area (Å²) in [6.07, 6.45) is 1.99. The summed E-state index contributed by atoms with van der Waals surface area (Å²) in [6.45, 7) is 4.05. The summed E-state index contributed by atoms with van der Waals surface area (Å²) in [6, 6.07) is 0. The van der Waals surface area contributed by atoms with E-state index in [1.54, 1.807) is 0 Å². The molecule has 1 aliphatic rings. The zero-order valence-electron chi connectivity index (χ0n) is 7.80. The highest BCUT2D eigenvalue weighted by atomic mass is 16.5. The molecule has 12 heavy (non-hydrogen) atoms. The van der Waals surface area contributed by atoms with E-state index in [1.165, 1.54) is 7.11 Å². The zero-order chi connectivity index (χ0) is 8.97. The quantitative estimate of drug-likeness (QED) is 0.638. The topological polar surface area (TPSA) is 38.3 Å². The third-order valence-electron chi connectivity index (χ3n) is 2.61. The first kappa shape index (κ1) is 9.52. The Balaban J connectivity index is 2.48. The molecule has 0 aromatic carbocycles. The molecule has 1 N–H and O–H groups in total. The molecule has 3 heteroatoms. The third kappa shape index (κ3) is 1.97. The molecule has 0 spiro atoms. The predicted molar refractivity (Wildman–Crippen MR) is 46.8 cm³/mol. The molecule has 0 aromatic heterocycles. The predicted octanol–water partition coefficient (Wildman–Crippen LogP) is 0.795. The number of carbonyl (C=O) groups excluding carboxylic acids is 1. The van der Waals surface area contributed by atoms with Gasteiger partial charge in [0, 0.05) is 0 Å². The lowest BCUT2D eigenvalue weighted by Crippen LogP contribution is -2.26. The van der Waals surface area contributed by atoms with Crippen LogP contribution in [0.4, 0.5) is 0 Å². The van der Waals surface area contributed by atoms with Crippen molar-refractivity contribution in [3.05, 3.63) is 0 Å². The van der Waals surface area contributed by atoms with Crippen LogP contribution in [0, 0.1) is 11.8 Å². The smallest absolute Gasteiger partial charge is 0.308 e. The molecule has 70 valence electrons. The SMILES string of the molecule is CCC(C(=O)OC)C1CCNC1. The van der Waals surface area contributed by atoms with Crippen molar-refractivity contribution in [1.29, 1.82) is 0 Å². The van der Waals surface area contributed by atoms with Crippen molar-refractivity contribution in [2.75, 3.05) is 20.2 Å². The van der Waals surface area contributed by atoms with Crippen LogP contribution in [0.3, 0.4) is 0 Å². The Morgan fingerprint density at radius 2 is 2.50 bits per heavy atom. The first-order chi connectivity index (χ1) is 5.79. The van der Waals surface area contributed by atoms with Crippen LogP contribution < -0.4 is 5.32 Å². The van der Waals surface area contributed by atoms with Gasteiger partial charge in [0.15, 0.2) is 0 Å². The molecule has 0 aromatic rings. The van der Waals surface area contributed by atoms with Crippen LogP contribution >= 0.6 is 0 Å². The zero-order valence-corrected chi connectivity index (χ0v) is 7.80. The molecule has 0 radical (unpaired) electrons. The van der Waals surface area contributed by atoms with E-state index in [9.17, 15) is 4.79 Å². The fourth-order valence-electron chi connectivity index (χ4n) is 1.86. The maximum atomic E-state index is 11.3. The van der Waals surface area contributed by atoms with Gasteiger partial charge in [-0.25, -0.2) is 0 Å². The van der Waals surface area contributed by atoms with E-state index in [1.807, 2.05) is 6.92 Å². The fraction of sp³-hybridized carbons (Fsp3) is 0.889. The summed E-state index contributed by atoms with van der Waals surface area (Å²) in [5, 5.41) is 3.26. The molecular formula is C9H17NO2. The molecule has 0 amide bonds. The molecule has 1 saturated heterocycles. The molecule has 1 rings (SSSR count). The van der Waals surface area contributed by atoms with E-state index in [4.69, 9.17) is 4.74 Å². The minimum Gasteiger partial charge on any atom is -0.469 e. The van der Waals surface area contributed by atoms with Crippen molar-refractivity contribution < 1.29 is 9.53 Å². The molecule has 0 saturated carbocycles. The number of rotatable bonds is 3. The summed E-state index contributed by atoms with van der Waals surface area (Å²) in [7, 11) is 1.47. The normalized spacial score (nSPS) is 25.3. The molecule has 2 atom stereocenters. The Morgan fingerprint density at radius 1 is 1.75 bits per heavy atom. The standard InChI is InChI=1S/C9H17NO2/c1-3-8(9(11)12-2)7-4-5-10-6-7/h7-8,10H,3-6H2,1-2H3. The average Bonchev–Trinajstić information content (AvgIpc) is 2.58. The van der Waals surface area contributed by atoms with Gasteiger partial charge in [-0.3, -0.25) is 4.79 Å². The Bertz CT molecular complexity index is 153. The van der Waals surface area contributed by atoms with Gasteiger partial charge in [0.1, 0.15) is 0 Å². The van der Waals surface area contributed by atoms with Crippen molar-refractivity contribution in [3.63, 3.8) is 0 Å². The second kappa shape index (κ2) is 4.45. The molecule has 1 heterocycles. The van der Waals surface area contributed by atoms with E-state index >= 15 is 0 Å². The minimum atomic E-state index is -0.0498. The van der Waals surface area contributed by atoms with E-state index in [0.717, 1.165) is 25.9 Å². The van der Waals surface area contributed by atoms with Gasteiger partial charge in [0.25, 0.3) is 0 Å². The van der Waals surface area contributed by atoms with Crippen LogP contribution in [0.25, 0.3) is 0 Å². The lowest BCUT2D eigenvalue weighted by Gasteiger charge is -2.18. The maximum Gasteiger partial charge on any atom is 0.308 e. The van der Waals surface area contributed by atoms with Crippen molar-refractivity contribution in [2.45, 2.75) is 19.8 Å². The number of esters is 1. The highest BCUT2D eigenvalue weighted by molar-refractivity contribution is 5.72. The molecule has 1 aliphatic heterocycles. The Labute approximate surface area is 73.5 Å². The largest absolute Gasteiger partial charge is 0.469 e. The van der Waals surface area contributed by atoms with Gasteiger partial charge in [-0.2, -0.15) is 0 Å². The monoisotopic (exact) mass is 171 g/mol. The van der Waals surface area contributed by atoms with Crippen LogP contribution in [0.15, 0.2) is 0 Å². The number of ether oxygens (including phenoxy) is 1.